The summed E-state index contributed by atoms with van der Waals surface area (Å²) in [6.07, 6.45) is 1.55. The highest BCUT2D eigenvalue weighted by molar-refractivity contribution is 5.87. The number of carbonyl (C=O) groups is 2. The van der Waals surface area contributed by atoms with E-state index in [0.717, 1.165) is 31.5 Å². The summed E-state index contributed by atoms with van der Waals surface area (Å²) in [5.41, 5.74) is 6.34. The summed E-state index contributed by atoms with van der Waals surface area (Å²) in [6.45, 7) is 2.33. The number of aromatic carboxylic acids is 1. The molecule has 0 unspecified atom stereocenters. The SMILES string of the molecule is NC(=O)C1CC[NH+](Cc2ccccc2C(=O)[O-])CC1. The van der Waals surface area contributed by atoms with Crippen molar-refractivity contribution in [1.82, 2.24) is 0 Å². The van der Waals surface area contributed by atoms with Crippen LogP contribution in [0, 0.1) is 5.92 Å². The minimum Gasteiger partial charge on any atom is -0.545 e. The third-order valence-corrected chi connectivity index (χ3v) is 3.77. The first-order chi connectivity index (χ1) is 9.08. The Labute approximate surface area is 112 Å². The summed E-state index contributed by atoms with van der Waals surface area (Å²) < 4.78 is 0. The van der Waals surface area contributed by atoms with Crippen molar-refractivity contribution < 1.29 is 19.6 Å². The van der Waals surface area contributed by atoms with Crippen molar-refractivity contribution in [2.45, 2.75) is 19.4 Å². The van der Waals surface area contributed by atoms with Crippen LogP contribution in [0.4, 0.5) is 0 Å². The van der Waals surface area contributed by atoms with Crippen LogP contribution in [-0.4, -0.2) is 25.0 Å². The second-order valence-electron chi connectivity index (χ2n) is 5.05. The van der Waals surface area contributed by atoms with Crippen LogP contribution in [0.3, 0.4) is 0 Å². The highest BCUT2D eigenvalue weighted by atomic mass is 16.4. The number of nitrogens with one attached hydrogen (secondary N) is 1. The van der Waals surface area contributed by atoms with Crippen molar-refractivity contribution in [1.29, 1.82) is 0 Å². The molecule has 0 radical (unpaired) electrons. The number of carbonyl (C=O) groups excluding carboxylic acids is 2. The molecule has 3 N–H and O–H groups in total. The number of amides is 1. The normalized spacial score (nSPS) is 22.9. The van der Waals surface area contributed by atoms with Crippen LogP contribution in [0.2, 0.25) is 0 Å². The number of rotatable bonds is 4. The fraction of sp³-hybridized carbons (Fsp3) is 0.429. The number of primary amides is 1. The summed E-state index contributed by atoms with van der Waals surface area (Å²) >= 11 is 0. The molecule has 1 saturated heterocycles. The number of quaternary nitrogens is 1. The number of hydrogen-bond acceptors (Lipinski definition) is 3. The fourth-order valence-corrected chi connectivity index (χ4v) is 2.63. The van der Waals surface area contributed by atoms with Gasteiger partial charge in [0.15, 0.2) is 0 Å². The molecule has 1 aromatic carbocycles. The zero-order chi connectivity index (χ0) is 13.8. The Morgan fingerprint density at radius 2 is 1.89 bits per heavy atom. The lowest BCUT2D eigenvalue weighted by Crippen LogP contribution is -3.11. The van der Waals surface area contributed by atoms with E-state index in [1.165, 1.54) is 4.90 Å². The van der Waals surface area contributed by atoms with E-state index >= 15 is 0 Å². The van der Waals surface area contributed by atoms with Gasteiger partial charge in [0.2, 0.25) is 5.91 Å². The van der Waals surface area contributed by atoms with Gasteiger partial charge in [-0.05, 0) is 0 Å². The van der Waals surface area contributed by atoms with Gasteiger partial charge in [0.25, 0.3) is 0 Å². The smallest absolute Gasteiger partial charge is 0.220 e. The maximum atomic E-state index is 11.1. The Morgan fingerprint density at radius 1 is 1.26 bits per heavy atom. The van der Waals surface area contributed by atoms with Gasteiger partial charge in [0.05, 0.1) is 19.1 Å². The van der Waals surface area contributed by atoms with Crippen molar-refractivity contribution in [3.63, 3.8) is 0 Å². The predicted molar refractivity (Wildman–Crippen MR) is 67.1 cm³/mol. The van der Waals surface area contributed by atoms with Gasteiger partial charge < -0.3 is 20.5 Å². The molecule has 2 rings (SSSR count). The molecular weight excluding hydrogens is 244 g/mol. The van der Waals surface area contributed by atoms with E-state index in [-0.39, 0.29) is 17.4 Å². The van der Waals surface area contributed by atoms with Crippen molar-refractivity contribution in [3.8, 4) is 0 Å². The molecule has 1 aliphatic rings. The summed E-state index contributed by atoms with van der Waals surface area (Å²) in [5.74, 6) is -1.39. The molecule has 1 aromatic rings. The zero-order valence-electron chi connectivity index (χ0n) is 10.7. The van der Waals surface area contributed by atoms with E-state index in [1.807, 2.05) is 12.1 Å². The molecule has 1 amide bonds. The molecule has 1 fully saturated rings. The lowest BCUT2D eigenvalue weighted by Gasteiger charge is -2.28. The van der Waals surface area contributed by atoms with E-state index in [1.54, 1.807) is 12.1 Å². The van der Waals surface area contributed by atoms with E-state index in [4.69, 9.17) is 5.73 Å². The quantitative estimate of drug-likeness (QED) is 0.680. The number of carboxylic acids is 1. The Kier molecular flexibility index (Phi) is 4.16. The summed E-state index contributed by atoms with van der Waals surface area (Å²) in [5, 5.41) is 11.0. The second-order valence-corrected chi connectivity index (χ2v) is 5.05. The van der Waals surface area contributed by atoms with Crippen LogP contribution in [0.1, 0.15) is 28.8 Å². The number of piperidine rings is 1. The summed E-state index contributed by atoms with van der Waals surface area (Å²) in [7, 11) is 0. The van der Waals surface area contributed by atoms with Gasteiger partial charge in [0, 0.05) is 29.9 Å². The van der Waals surface area contributed by atoms with Crippen molar-refractivity contribution in [3.05, 3.63) is 35.4 Å². The number of nitrogens with two attached hydrogens (primary N) is 1. The monoisotopic (exact) mass is 262 g/mol. The number of benzene rings is 1. The van der Waals surface area contributed by atoms with Crippen LogP contribution in [0.25, 0.3) is 0 Å². The zero-order valence-corrected chi connectivity index (χ0v) is 10.7. The Hall–Kier alpha value is -1.88. The number of hydrogen-bond donors (Lipinski definition) is 2. The van der Waals surface area contributed by atoms with Crippen molar-refractivity contribution in [2.75, 3.05) is 13.1 Å². The molecule has 5 heteroatoms. The maximum absolute atomic E-state index is 11.1. The van der Waals surface area contributed by atoms with Crippen LogP contribution in [0.5, 0.6) is 0 Å². The van der Waals surface area contributed by atoms with Crippen LogP contribution >= 0.6 is 0 Å². The van der Waals surface area contributed by atoms with Crippen molar-refractivity contribution in [2.24, 2.45) is 11.7 Å². The largest absolute Gasteiger partial charge is 0.545 e. The first-order valence-corrected chi connectivity index (χ1v) is 6.50. The first kappa shape index (κ1) is 13.5. The average Bonchev–Trinajstić information content (AvgIpc) is 2.39. The number of likely N-dealkylation sites (tertiary alicyclic amines) is 1. The lowest BCUT2D eigenvalue weighted by atomic mass is 9.95. The topological polar surface area (TPSA) is 87.7 Å². The number of carboxylic acid groups (broad SMARTS) is 1. The molecule has 1 heterocycles. The Morgan fingerprint density at radius 3 is 2.47 bits per heavy atom. The third kappa shape index (κ3) is 3.32. The third-order valence-electron chi connectivity index (χ3n) is 3.77. The Balaban J connectivity index is 2.00. The Bertz CT molecular complexity index is 479. The maximum Gasteiger partial charge on any atom is 0.220 e. The second kappa shape index (κ2) is 5.84. The van der Waals surface area contributed by atoms with Gasteiger partial charge in [-0.2, -0.15) is 0 Å². The minimum atomic E-state index is -1.14. The molecular formula is C14H18N2O3. The molecule has 5 nitrogen and oxygen atoms in total. The van der Waals surface area contributed by atoms with E-state index in [2.05, 4.69) is 0 Å². The summed E-state index contributed by atoms with van der Waals surface area (Å²) in [6, 6.07) is 6.92. The average molecular weight is 262 g/mol. The summed E-state index contributed by atoms with van der Waals surface area (Å²) in [4.78, 5) is 23.4. The van der Waals surface area contributed by atoms with Crippen molar-refractivity contribution >= 4 is 11.9 Å². The fourth-order valence-electron chi connectivity index (χ4n) is 2.63. The van der Waals surface area contributed by atoms with Gasteiger partial charge in [-0.25, -0.2) is 0 Å². The standard InChI is InChI=1S/C14H18N2O3/c15-13(17)10-5-7-16(8-6-10)9-11-3-1-2-4-12(11)14(18)19/h1-4,10H,5-9H2,(H2,15,17)(H,18,19). The van der Waals surface area contributed by atoms with Gasteiger partial charge in [-0.15, -0.1) is 0 Å². The lowest BCUT2D eigenvalue weighted by molar-refractivity contribution is -0.919. The van der Waals surface area contributed by atoms with Crippen LogP contribution in [0.15, 0.2) is 24.3 Å². The highest BCUT2D eigenvalue weighted by Gasteiger charge is 2.26. The van der Waals surface area contributed by atoms with Gasteiger partial charge in [-0.1, -0.05) is 24.3 Å². The van der Waals surface area contributed by atoms with Crippen LogP contribution < -0.4 is 15.7 Å². The molecule has 0 aliphatic carbocycles. The molecule has 0 spiro atoms. The molecule has 0 atom stereocenters. The van der Waals surface area contributed by atoms with Crippen LogP contribution in [-0.2, 0) is 11.3 Å². The minimum absolute atomic E-state index is 0.0277. The molecule has 0 aromatic heterocycles. The van der Waals surface area contributed by atoms with E-state index in [9.17, 15) is 14.7 Å². The predicted octanol–water partition coefficient (Wildman–Crippen LogP) is -1.67. The first-order valence-electron chi connectivity index (χ1n) is 6.50. The van der Waals surface area contributed by atoms with E-state index in [0.29, 0.717) is 6.54 Å². The molecule has 0 saturated carbocycles. The van der Waals surface area contributed by atoms with Gasteiger partial charge >= 0.3 is 0 Å². The van der Waals surface area contributed by atoms with Gasteiger partial charge in [0.1, 0.15) is 6.54 Å². The highest BCUT2D eigenvalue weighted by Crippen LogP contribution is 2.10. The molecule has 19 heavy (non-hydrogen) atoms. The molecule has 1 aliphatic heterocycles. The van der Waals surface area contributed by atoms with E-state index < -0.39 is 5.97 Å². The molecule has 0 bridgehead atoms. The molecule has 102 valence electrons. The van der Waals surface area contributed by atoms with Gasteiger partial charge in [-0.3, -0.25) is 4.79 Å².